The Bertz CT molecular complexity index is 65.9. The van der Waals surface area contributed by atoms with Gasteiger partial charge in [0.2, 0.25) is 0 Å². The number of hydrogen-bond donors (Lipinski definition) is 0. The van der Waals surface area contributed by atoms with Crippen LogP contribution in [0.3, 0.4) is 0 Å². The molecule has 0 heterocycles. The molecule has 33 valence electrons. The second-order valence-electron chi connectivity index (χ2n) is 0.738. The molecule has 0 aliphatic rings. The van der Waals surface area contributed by atoms with Gasteiger partial charge >= 0.3 is 5.97 Å². The molecule has 0 saturated heterocycles. The van der Waals surface area contributed by atoms with E-state index in [4.69, 9.17) is 0 Å². The maximum atomic E-state index is 9.72. The largest absolute Gasteiger partial charge is 0.423 e. The van der Waals surface area contributed by atoms with Crippen molar-refractivity contribution in [3.63, 3.8) is 0 Å². The normalized spacial score (nSPS) is 6.83. The van der Waals surface area contributed by atoms with Gasteiger partial charge in [0.05, 0.1) is 0 Å². The summed E-state index contributed by atoms with van der Waals surface area (Å²) in [5.74, 6) is -0.384. The molecule has 0 aromatic heterocycles. The molecule has 0 spiro atoms. The van der Waals surface area contributed by atoms with Gasteiger partial charge in [0, 0.05) is 6.92 Å². The molecule has 0 atom stereocenters. The van der Waals surface area contributed by atoms with Gasteiger partial charge in [-0.25, -0.2) is 0 Å². The fraction of sp³-hybridized carbons (Fsp3) is 0.250. The molecule has 0 aromatic carbocycles. The molecule has 2 nitrogen and oxygen atoms in total. The number of carbonyl (C=O) groups excluding carboxylic acids is 1. The molecular formula is C4H5O2. The Kier molecular flexibility index (Phi) is 2.13. The van der Waals surface area contributed by atoms with Gasteiger partial charge in [-0.15, -0.1) is 0 Å². The predicted octanol–water partition coefficient (Wildman–Crippen LogP) is 0.496. The van der Waals surface area contributed by atoms with Crippen molar-refractivity contribution in [3.05, 3.63) is 12.8 Å². The highest BCUT2D eigenvalue weighted by Gasteiger charge is 1.80. The van der Waals surface area contributed by atoms with Crippen molar-refractivity contribution in [2.24, 2.45) is 0 Å². The Morgan fingerprint density at radius 1 is 2.00 bits per heavy atom. The highest BCUT2D eigenvalue weighted by Crippen LogP contribution is 1.68. The van der Waals surface area contributed by atoms with Crippen LogP contribution in [0.4, 0.5) is 0 Å². The summed E-state index contributed by atoms with van der Waals surface area (Å²) in [6.45, 7) is 4.32. The van der Waals surface area contributed by atoms with Crippen LogP contribution in [0, 0.1) is 6.26 Å². The second-order valence-corrected chi connectivity index (χ2v) is 0.738. The van der Waals surface area contributed by atoms with E-state index in [-0.39, 0.29) is 5.97 Å². The molecule has 0 saturated carbocycles. The predicted molar refractivity (Wildman–Crippen MR) is 20.6 cm³/mol. The van der Waals surface area contributed by atoms with Crippen molar-refractivity contribution >= 4 is 5.97 Å². The standard InChI is InChI=1S/C4H5O2/c1-3-6-4(2)5/h1H2,2H3. The van der Waals surface area contributed by atoms with E-state index < -0.39 is 0 Å². The summed E-state index contributed by atoms with van der Waals surface area (Å²) in [5.41, 5.74) is 0. The minimum absolute atomic E-state index is 0.384. The lowest BCUT2D eigenvalue weighted by Crippen LogP contribution is -1.88. The Balaban J connectivity index is 3.05. The van der Waals surface area contributed by atoms with Crippen molar-refractivity contribution in [1.29, 1.82) is 0 Å². The Labute approximate surface area is 36.4 Å². The average Bonchev–Trinajstić information content (AvgIpc) is 1.35. The minimum atomic E-state index is -0.384. The molecule has 0 amide bonds. The minimum Gasteiger partial charge on any atom is -0.423 e. The van der Waals surface area contributed by atoms with E-state index in [1.165, 1.54) is 6.92 Å². The maximum Gasteiger partial charge on any atom is 0.308 e. The van der Waals surface area contributed by atoms with E-state index in [0.29, 0.717) is 0 Å². The first kappa shape index (κ1) is 5.21. The van der Waals surface area contributed by atoms with Crippen molar-refractivity contribution < 1.29 is 9.53 Å². The Morgan fingerprint density at radius 2 is 2.50 bits per heavy atom. The number of esters is 1. The van der Waals surface area contributed by atoms with Gasteiger partial charge in [0.25, 0.3) is 0 Å². The molecule has 0 unspecified atom stereocenters. The average molecular weight is 85.1 g/mol. The summed E-state index contributed by atoms with van der Waals surface area (Å²) < 4.78 is 4.04. The molecule has 0 bridgehead atoms. The maximum absolute atomic E-state index is 9.72. The molecule has 2 heteroatoms. The summed E-state index contributed by atoms with van der Waals surface area (Å²) in [4.78, 5) is 9.72. The molecule has 0 N–H and O–H groups in total. The zero-order chi connectivity index (χ0) is 4.99. The third kappa shape index (κ3) is 3.21. The quantitative estimate of drug-likeness (QED) is 0.342. The Morgan fingerprint density at radius 3 is 2.50 bits per heavy atom. The summed E-state index contributed by atoms with van der Waals surface area (Å²) in [6, 6.07) is 0. The summed E-state index contributed by atoms with van der Waals surface area (Å²) in [6.07, 6.45) is 1.97. The molecule has 6 heavy (non-hydrogen) atoms. The van der Waals surface area contributed by atoms with E-state index in [2.05, 4.69) is 11.3 Å². The lowest BCUT2D eigenvalue weighted by Gasteiger charge is -1.81. The van der Waals surface area contributed by atoms with Gasteiger partial charge in [0.1, 0.15) is 0 Å². The van der Waals surface area contributed by atoms with Crippen molar-refractivity contribution in [1.82, 2.24) is 0 Å². The highest BCUT2D eigenvalue weighted by molar-refractivity contribution is 5.66. The number of ether oxygens (including phenoxy) is 1. The summed E-state index contributed by atoms with van der Waals surface area (Å²) >= 11 is 0. The van der Waals surface area contributed by atoms with Crippen LogP contribution in [0.15, 0.2) is 6.58 Å². The molecular weight excluding hydrogens is 80.0 g/mol. The first-order valence-corrected chi connectivity index (χ1v) is 1.47. The van der Waals surface area contributed by atoms with Crippen LogP contribution in [-0.2, 0) is 9.53 Å². The van der Waals surface area contributed by atoms with Crippen molar-refractivity contribution in [3.8, 4) is 0 Å². The van der Waals surface area contributed by atoms with Crippen LogP contribution in [0.5, 0.6) is 0 Å². The fourth-order valence-corrected chi connectivity index (χ4v) is 0.102. The van der Waals surface area contributed by atoms with Crippen molar-refractivity contribution in [2.75, 3.05) is 0 Å². The van der Waals surface area contributed by atoms with E-state index in [9.17, 15) is 4.79 Å². The molecule has 0 aliphatic carbocycles. The first-order chi connectivity index (χ1) is 2.77. The number of hydrogen-bond acceptors (Lipinski definition) is 2. The van der Waals surface area contributed by atoms with Crippen LogP contribution in [0.1, 0.15) is 6.92 Å². The third-order valence-electron chi connectivity index (χ3n) is 0.216. The summed E-state index contributed by atoms with van der Waals surface area (Å²) in [5, 5.41) is 0. The molecule has 1 radical (unpaired) electrons. The van der Waals surface area contributed by atoms with E-state index in [1.807, 2.05) is 6.26 Å². The number of carbonyl (C=O) groups is 1. The zero-order valence-electron chi connectivity index (χ0n) is 3.52. The highest BCUT2D eigenvalue weighted by atomic mass is 16.5. The fourth-order valence-electron chi connectivity index (χ4n) is 0.102. The Hall–Kier alpha value is -0.790. The first-order valence-electron chi connectivity index (χ1n) is 1.47. The van der Waals surface area contributed by atoms with Crippen LogP contribution in [0.25, 0.3) is 0 Å². The monoisotopic (exact) mass is 85.0 g/mol. The smallest absolute Gasteiger partial charge is 0.308 e. The van der Waals surface area contributed by atoms with Crippen LogP contribution >= 0.6 is 0 Å². The van der Waals surface area contributed by atoms with Crippen LogP contribution in [0.2, 0.25) is 0 Å². The van der Waals surface area contributed by atoms with Crippen LogP contribution < -0.4 is 0 Å². The van der Waals surface area contributed by atoms with Gasteiger partial charge in [-0.1, -0.05) is 6.58 Å². The van der Waals surface area contributed by atoms with Gasteiger partial charge in [-0.3, -0.25) is 4.79 Å². The lowest BCUT2D eigenvalue weighted by atomic mass is 10.8. The molecule has 0 aromatic rings. The molecule has 0 aliphatic heterocycles. The van der Waals surface area contributed by atoms with Crippen molar-refractivity contribution in [2.45, 2.75) is 6.92 Å². The topological polar surface area (TPSA) is 26.3 Å². The number of rotatable bonds is 1. The van der Waals surface area contributed by atoms with Gasteiger partial charge in [-0.2, -0.15) is 0 Å². The van der Waals surface area contributed by atoms with E-state index in [1.54, 1.807) is 0 Å². The van der Waals surface area contributed by atoms with Crippen LogP contribution in [-0.4, -0.2) is 5.97 Å². The van der Waals surface area contributed by atoms with Gasteiger partial charge < -0.3 is 4.74 Å². The third-order valence-corrected chi connectivity index (χ3v) is 0.216. The SMILES string of the molecule is C=[C]OC(C)=O. The molecule has 0 fully saturated rings. The lowest BCUT2D eigenvalue weighted by molar-refractivity contribution is -0.136. The molecule has 0 rings (SSSR count). The zero-order valence-corrected chi connectivity index (χ0v) is 3.52. The van der Waals surface area contributed by atoms with Gasteiger partial charge in [-0.05, 0) is 0 Å². The van der Waals surface area contributed by atoms with E-state index >= 15 is 0 Å². The second kappa shape index (κ2) is 2.45. The van der Waals surface area contributed by atoms with E-state index in [0.717, 1.165) is 0 Å². The van der Waals surface area contributed by atoms with Gasteiger partial charge in [0.15, 0.2) is 6.26 Å². The summed E-state index contributed by atoms with van der Waals surface area (Å²) in [7, 11) is 0.